The van der Waals surface area contributed by atoms with Crippen LogP contribution in [0.2, 0.25) is 0 Å². The smallest absolute Gasteiger partial charge is 0.392 e. The molecule has 0 spiro atoms. The highest BCUT2D eigenvalue weighted by Crippen LogP contribution is 2.42. The van der Waals surface area contributed by atoms with E-state index in [-0.39, 0.29) is 24.3 Å². The summed E-state index contributed by atoms with van der Waals surface area (Å²) in [6.07, 6.45) is -3.00. The summed E-state index contributed by atoms with van der Waals surface area (Å²) in [5.74, 6) is -3.22. The average Bonchev–Trinajstić information content (AvgIpc) is 2.70. The SMILES string of the molecule is Cc1[nH]nc(NC(=O)C2CCCCC2C(F)(F)F)c1N. The van der Waals surface area contributed by atoms with Crippen molar-refractivity contribution < 1.29 is 18.0 Å². The van der Waals surface area contributed by atoms with E-state index < -0.39 is 23.9 Å². The quantitative estimate of drug-likeness (QED) is 0.782. The van der Waals surface area contributed by atoms with E-state index in [0.29, 0.717) is 18.5 Å². The largest absolute Gasteiger partial charge is 0.394 e. The highest BCUT2D eigenvalue weighted by atomic mass is 19.4. The van der Waals surface area contributed by atoms with Gasteiger partial charge in [-0.2, -0.15) is 18.3 Å². The summed E-state index contributed by atoms with van der Waals surface area (Å²) in [7, 11) is 0. The van der Waals surface area contributed by atoms with Crippen molar-refractivity contribution in [3.63, 3.8) is 0 Å². The van der Waals surface area contributed by atoms with Gasteiger partial charge in [0.25, 0.3) is 0 Å². The van der Waals surface area contributed by atoms with Gasteiger partial charge in [-0.25, -0.2) is 0 Å². The molecule has 1 heterocycles. The number of H-pyrrole nitrogens is 1. The summed E-state index contributed by atoms with van der Waals surface area (Å²) >= 11 is 0. The Labute approximate surface area is 114 Å². The Morgan fingerprint density at radius 2 is 2.05 bits per heavy atom. The number of carbonyl (C=O) groups is 1. The molecule has 0 aliphatic heterocycles. The number of nitrogens with one attached hydrogen (secondary N) is 2. The van der Waals surface area contributed by atoms with Crippen LogP contribution in [0.1, 0.15) is 31.4 Å². The summed E-state index contributed by atoms with van der Waals surface area (Å²) in [4.78, 5) is 12.1. The van der Waals surface area contributed by atoms with E-state index in [1.54, 1.807) is 6.92 Å². The second kappa shape index (κ2) is 5.34. The molecule has 1 amide bonds. The van der Waals surface area contributed by atoms with Gasteiger partial charge in [0.15, 0.2) is 5.82 Å². The molecule has 2 rings (SSSR count). The minimum Gasteiger partial charge on any atom is -0.394 e. The molecule has 2 atom stereocenters. The van der Waals surface area contributed by atoms with E-state index in [1.165, 1.54) is 0 Å². The number of aromatic nitrogens is 2. The Morgan fingerprint density at radius 1 is 1.40 bits per heavy atom. The normalized spacial score (nSPS) is 23.6. The van der Waals surface area contributed by atoms with Gasteiger partial charge in [0.2, 0.25) is 5.91 Å². The zero-order chi connectivity index (χ0) is 14.9. The molecule has 1 saturated carbocycles. The lowest BCUT2D eigenvalue weighted by Crippen LogP contribution is -2.39. The van der Waals surface area contributed by atoms with Gasteiger partial charge in [-0.1, -0.05) is 12.8 Å². The molecule has 1 aromatic rings. The molecule has 0 saturated heterocycles. The second-order valence-electron chi connectivity index (χ2n) is 5.14. The maximum Gasteiger partial charge on any atom is 0.392 e. The standard InChI is InChI=1S/C12H17F3N4O/c1-6-9(16)10(19-18-6)17-11(20)7-4-2-3-5-8(7)12(13,14)15/h7-8H,2-5,16H2,1H3,(H2,17,18,19,20). The number of nitrogens with two attached hydrogens (primary N) is 1. The third-order valence-corrected chi connectivity index (χ3v) is 3.76. The Kier molecular flexibility index (Phi) is 3.92. The minimum absolute atomic E-state index is 0.00331. The maximum atomic E-state index is 12.9. The Hall–Kier alpha value is -1.73. The third kappa shape index (κ3) is 2.88. The monoisotopic (exact) mass is 290 g/mol. The van der Waals surface area contributed by atoms with Crippen LogP contribution < -0.4 is 11.1 Å². The third-order valence-electron chi connectivity index (χ3n) is 3.76. The highest BCUT2D eigenvalue weighted by Gasteiger charge is 2.48. The molecule has 8 heteroatoms. The van der Waals surface area contributed by atoms with Crippen LogP contribution in [0.5, 0.6) is 0 Å². The lowest BCUT2D eigenvalue weighted by atomic mass is 9.78. The van der Waals surface area contributed by atoms with Crippen molar-refractivity contribution in [2.24, 2.45) is 11.8 Å². The maximum absolute atomic E-state index is 12.9. The number of hydrogen-bond acceptors (Lipinski definition) is 3. The molecule has 1 aliphatic rings. The number of halogens is 3. The molecule has 1 aliphatic carbocycles. The topological polar surface area (TPSA) is 83.8 Å². The molecule has 4 N–H and O–H groups in total. The summed E-state index contributed by atoms with van der Waals surface area (Å²) in [6, 6.07) is 0. The first-order valence-corrected chi connectivity index (χ1v) is 6.48. The molecule has 112 valence electrons. The van der Waals surface area contributed by atoms with E-state index >= 15 is 0 Å². The Bertz CT molecular complexity index is 497. The number of rotatable bonds is 2. The van der Waals surface area contributed by atoms with Gasteiger partial charge >= 0.3 is 6.18 Å². The summed E-state index contributed by atoms with van der Waals surface area (Å²) in [6.45, 7) is 1.66. The van der Waals surface area contributed by atoms with Crippen molar-refractivity contribution in [3.05, 3.63) is 5.69 Å². The molecular weight excluding hydrogens is 273 g/mol. The zero-order valence-corrected chi connectivity index (χ0v) is 11.0. The molecular formula is C12H17F3N4O. The first kappa shape index (κ1) is 14.7. The van der Waals surface area contributed by atoms with E-state index in [1.807, 2.05) is 0 Å². The fraction of sp³-hybridized carbons (Fsp3) is 0.667. The van der Waals surface area contributed by atoms with Gasteiger partial charge in [-0.05, 0) is 19.8 Å². The molecule has 0 aromatic carbocycles. The van der Waals surface area contributed by atoms with Gasteiger partial charge in [0.05, 0.1) is 17.3 Å². The van der Waals surface area contributed by atoms with Gasteiger partial charge in [-0.15, -0.1) is 0 Å². The summed E-state index contributed by atoms with van der Waals surface area (Å²) < 4.78 is 38.8. The lowest BCUT2D eigenvalue weighted by Gasteiger charge is -2.31. The van der Waals surface area contributed by atoms with Crippen molar-refractivity contribution in [2.75, 3.05) is 11.1 Å². The van der Waals surface area contributed by atoms with E-state index in [0.717, 1.165) is 0 Å². The molecule has 2 unspecified atom stereocenters. The summed E-state index contributed by atoms with van der Waals surface area (Å²) in [5.41, 5.74) is 6.48. The van der Waals surface area contributed by atoms with Crippen LogP contribution in [-0.4, -0.2) is 22.3 Å². The fourth-order valence-corrected chi connectivity index (χ4v) is 2.58. The van der Waals surface area contributed by atoms with Crippen molar-refractivity contribution in [1.82, 2.24) is 10.2 Å². The van der Waals surface area contributed by atoms with Crippen LogP contribution in [0.4, 0.5) is 24.7 Å². The predicted molar refractivity (Wildman–Crippen MR) is 67.9 cm³/mol. The number of aromatic amines is 1. The van der Waals surface area contributed by atoms with Crippen LogP contribution in [0.25, 0.3) is 0 Å². The van der Waals surface area contributed by atoms with Crippen LogP contribution in [0.3, 0.4) is 0 Å². The fourth-order valence-electron chi connectivity index (χ4n) is 2.58. The Morgan fingerprint density at radius 3 is 2.60 bits per heavy atom. The van der Waals surface area contributed by atoms with E-state index in [2.05, 4.69) is 15.5 Å². The van der Waals surface area contributed by atoms with Gasteiger partial charge in [-0.3, -0.25) is 9.89 Å². The van der Waals surface area contributed by atoms with Crippen molar-refractivity contribution >= 4 is 17.4 Å². The first-order valence-electron chi connectivity index (χ1n) is 6.48. The Balaban J connectivity index is 2.12. The number of anilines is 2. The molecule has 0 bridgehead atoms. The number of alkyl halides is 3. The van der Waals surface area contributed by atoms with Crippen molar-refractivity contribution in [1.29, 1.82) is 0 Å². The second-order valence-corrected chi connectivity index (χ2v) is 5.14. The van der Waals surface area contributed by atoms with Crippen molar-refractivity contribution in [2.45, 2.75) is 38.8 Å². The molecule has 1 aromatic heterocycles. The average molecular weight is 290 g/mol. The van der Waals surface area contributed by atoms with E-state index in [4.69, 9.17) is 5.73 Å². The first-order chi connectivity index (χ1) is 9.30. The molecule has 20 heavy (non-hydrogen) atoms. The van der Waals surface area contributed by atoms with Gasteiger partial charge in [0, 0.05) is 5.92 Å². The summed E-state index contributed by atoms with van der Waals surface area (Å²) in [5, 5.41) is 8.75. The highest BCUT2D eigenvalue weighted by molar-refractivity contribution is 5.94. The number of nitrogen functional groups attached to an aromatic ring is 1. The predicted octanol–water partition coefficient (Wildman–Crippen LogP) is 2.61. The number of hydrogen-bond donors (Lipinski definition) is 3. The zero-order valence-electron chi connectivity index (χ0n) is 11.0. The van der Waals surface area contributed by atoms with Gasteiger partial charge < -0.3 is 11.1 Å². The number of aryl methyl sites for hydroxylation is 1. The van der Waals surface area contributed by atoms with Crippen LogP contribution >= 0.6 is 0 Å². The molecule has 1 fully saturated rings. The van der Waals surface area contributed by atoms with E-state index in [9.17, 15) is 18.0 Å². The van der Waals surface area contributed by atoms with Crippen LogP contribution in [-0.2, 0) is 4.79 Å². The number of nitrogens with zero attached hydrogens (tertiary/aromatic N) is 1. The van der Waals surface area contributed by atoms with Gasteiger partial charge in [0.1, 0.15) is 0 Å². The lowest BCUT2D eigenvalue weighted by molar-refractivity contribution is -0.197. The molecule has 0 radical (unpaired) electrons. The minimum atomic E-state index is -4.35. The van der Waals surface area contributed by atoms with Crippen LogP contribution in [0, 0.1) is 18.8 Å². The number of carbonyl (C=O) groups excluding carboxylic acids is 1. The van der Waals surface area contributed by atoms with Crippen molar-refractivity contribution in [3.8, 4) is 0 Å². The molecule has 5 nitrogen and oxygen atoms in total. The number of amides is 1. The van der Waals surface area contributed by atoms with Crippen LogP contribution in [0.15, 0.2) is 0 Å².